The number of carbonyl (C=O) groups excluding carboxylic acids is 1. The number of carboxylic acid groups (broad SMARTS) is 1. The first-order valence-corrected chi connectivity index (χ1v) is 8.44. The van der Waals surface area contributed by atoms with Gasteiger partial charge in [-0.2, -0.15) is 11.8 Å². The monoisotopic (exact) mass is 302 g/mol. The SMILES string of the molecule is CSC1(CNC(=O)N(CC(=O)O)C(C)C)CCCCC1. The van der Waals surface area contributed by atoms with Gasteiger partial charge in [0.2, 0.25) is 0 Å². The fraction of sp³-hybridized carbons (Fsp3) is 0.857. The van der Waals surface area contributed by atoms with Crippen molar-refractivity contribution >= 4 is 23.8 Å². The van der Waals surface area contributed by atoms with Gasteiger partial charge in [0, 0.05) is 17.3 Å². The van der Waals surface area contributed by atoms with Gasteiger partial charge in [0.15, 0.2) is 0 Å². The Morgan fingerprint density at radius 3 is 2.35 bits per heavy atom. The summed E-state index contributed by atoms with van der Waals surface area (Å²) in [7, 11) is 0. The number of rotatable bonds is 6. The third-order valence-electron chi connectivity index (χ3n) is 3.95. The van der Waals surface area contributed by atoms with Gasteiger partial charge >= 0.3 is 12.0 Å². The van der Waals surface area contributed by atoms with Crippen molar-refractivity contribution in [2.24, 2.45) is 0 Å². The van der Waals surface area contributed by atoms with Gasteiger partial charge in [0.1, 0.15) is 6.54 Å². The highest BCUT2D eigenvalue weighted by Gasteiger charge is 2.32. The average Bonchev–Trinajstić information content (AvgIpc) is 2.42. The molecule has 5 nitrogen and oxygen atoms in total. The molecule has 0 aromatic heterocycles. The van der Waals surface area contributed by atoms with Crippen molar-refractivity contribution in [3.8, 4) is 0 Å². The van der Waals surface area contributed by atoms with Crippen LogP contribution >= 0.6 is 11.8 Å². The maximum Gasteiger partial charge on any atom is 0.323 e. The van der Waals surface area contributed by atoms with Gasteiger partial charge in [-0.05, 0) is 32.9 Å². The smallest absolute Gasteiger partial charge is 0.323 e. The quantitative estimate of drug-likeness (QED) is 0.791. The standard InChI is InChI=1S/C14H26N2O3S/c1-11(2)16(9-12(17)18)13(19)15-10-14(20-3)7-5-4-6-8-14/h11H,4-10H2,1-3H3,(H,15,19)(H,17,18). The van der Waals surface area contributed by atoms with Crippen LogP contribution in [-0.4, -0.2) is 52.1 Å². The van der Waals surface area contributed by atoms with Crippen molar-refractivity contribution in [2.75, 3.05) is 19.3 Å². The first kappa shape index (κ1) is 17.1. The number of carboxylic acids is 1. The number of nitrogens with zero attached hydrogens (tertiary/aromatic N) is 1. The van der Waals surface area contributed by atoms with Crippen LogP contribution in [0.25, 0.3) is 0 Å². The molecule has 0 saturated heterocycles. The molecule has 1 saturated carbocycles. The number of hydrogen-bond acceptors (Lipinski definition) is 3. The predicted molar refractivity (Wildman–Crippen MR) is 82.2 cm³/mol. The molecule has 20 heavy (non-hydrogen) atoms. The average molecular weight is 302 g/mol. The normalized spacial score (nSPS) is 17.8. The Kier molecular flexibility index (Phi) is 6.65. The summed E-state index contributed by atoms with van der Waals surface area (Å²) >= 11 is 1.82. The van der Waals surface area contributed by atoms with E-state index in [-0.39, 0.29) is 23.4 Å². The van der Waals surface area contributed by atoms with Crippen LogP contribution in [0.5, 0.6) is 0 Å². The number of hydrogen-bond donors (Lipinski definition) is 2. The second kappa shape index (κ2) is 7.76. The minimum Gasteiger partial charge on any atom is -0.480 e. The van der Waals surface area contributed by atoms with E-state index in [1.807, 2.05) is 25.6 Å². The molecule has 0 aromatic rings. The summed E-state index contributed by atoms with van der Waals surface area (Å²) in [5.74, 6) is -0.980. The molecule has 1 fully saturated rings. The molecule has 0 aromatic carbocycles. The van der Waals surface area contributed by atoms with E-state index < -0.39 is 5.97 Å². The van der Waals surface area contributed by atoms with Crippen molar-refractivity contribution in [1.82, 2.24) is 10.2 Å². The number of amides is 2. The lowest BCUT2D eigenvalue weighted by Crippen LogP contribution is -2.50. The molecule has 0 bridgehead atoms. The minimum absolute atomic E-state index is 0.123. The van der Waals surface area contributed by atoms with Crippen molar-refractivity contribution in [1.29, 1.82) is 0 Å². The molecule has 2 N–H and O–H groups in total. The molecule has 0 radical (unpaired) electrons. The zero-order chi connectivity index (χ0) is 15.2. The van der Waals surface area contributed by atoms with E-state index in [1.54, 1.807) is 0 Å². The lowest BCUT2D eigenvalue weighted by molar-refractivity contribution is -0.138. The Labute approximate surface area is 125 Å². The zero-order valence-electron chi connectivity index (χ0n) is 12.6. The fourth-order valence-electron chi connectivity index (χ4n) is 2.62. The van der Waals surface area contributed by atoms with E-state index >= 15 is 0 Å². The number of nitrogens with one attached hydrogen (secondary N) is 1. The molecule has 0 heterocycles. The molecular weight excluding hydrogens is 276 g/mol. The van der Waals surface area contributed by atoms with Gasteiger partial charge in [0.25, 0.3) is 0 Å². The van der Waals surface area contributed by atoms with Crippen LogP contribution in [0, 0.1) is 0 Å². The van der Waals surface area contributed by atoms with Crippen molar-refractivity contribution in [2.45, 2.75) is 56.7 Å². The number of aliphatic carboxylic acids is 1. The molecule has 0 unspecified atom stereocenters. The van der Waals surface area contributed by atoms with E-state index in [2.05, 4.69) is 11.6 Å². The van der Waals surface area contributed by atoms with Crippen LogP contribution in [0.4, 0.5) is 4.79 Å². The Morgan fingerprint density at radius 1 is 1.30 bits per heavy atom. The Bertz CT molecular complexity index is 341. The van der Waals surface area contributed by atoms with E-state index in [1.165, 1.54) is 24.2 Å². The lowest BCUT2D eigenvalue weighted by Gasteiger charge is -2.36. The highest BCUT2D eigenvalue weighted by molar-refractivity contribution is 8.00. The molecule has 1 rings (SSSR count). The molecule has 2 amide bonds. The number of urea groups is 1. The van der Waals surface area contributed by atoms with Crippen molar-refractivity contribution in [3.05, 3.63) is 0 Å². The number of carbonyl (C=O) groups is 2. The van der Waals surface area contributed by atoms with E-state index in [0.717, 1.165) is 12.8 Å². The summed E-state index contributed by atoms with van der Waals surface area (Å²) in [4.78, 5) is 24.3. The largest absolute Gasteiger partial charge is 0.480 e. The first-order chi connectivity index (χ1) is 9.40. The van der Waals surface area contributed by atoms with Crippen LogP contribution in [0.3, 0.4) is 0 Å². The molecule has 6 heteroatoms. The van der Waals surface area contributed by atoms with Crippen molar-refractivity contribution < 1.29 is 14.7 Å². The zero-order valence-corrected chi connectivity index (χ0v) is 13.5. The van der Waals surface area contributed by atoms with Crippen molar-refractivity contribution in [3.63, 3.8) is 0 Å². The van der Waals surface area contributed by atoms with Gasteiger partial charge < -0.3 is 15.3 Å². The molecule has 1 aliphatic carbocycles. The van der Waals surface area contributed by atoms with Gasteiger partial charge in [-0.15, -0.1) is 0 Å². The summed E-state index contributed by atoms with van der Waals surface area (Å²) < 4.78 is 0.125. The van der Waals surface area contributed by atoms with Crippen LogP contribution in [0.1, 0.15) is 46.0 Å². The maximum atomic E-state index is 12.2. The van der Waals surface area contributed by atoms with E-state index in [0.29, 0.717) is 6.54 Å². The highest BCUT2D eigenvalue weighted by atomic mass is 32.2. The second-order valence-electron chi connectivity index (χ2n) is 5.72. The third-order valence-corrected chi connectivity index (χ3v) is 5.37. The third kappa shape index (κ3) is 4.89. The van der Waals surface area contributed by atoms with Gasteiger partial charge in [-0.3, -0.25) is 4.79 Å². The summed E-state index contributed by atoms with van der Waals surface area (Å²) in [6.45, 7) is 4.02. The summed E-state index contributed by atoms with van der Waals surface area (Å²) in [5.41, 5.74) is 0. The number of thioether (sulfide) groups is 1. The molecule has 0 aliphatic heterocycles. The molecule has 0 atom stereocenters. The van der Waals surface area contributed by atoms with Crippen LogP contribution in [0.15, 0.2) is 0 Å². The summed E-state index contributed by atoms with van der Waals surface area (Å²) in [6, 6.07) is -0.399. The Hall–Kier alpha value is -0.910. The van der Waals surface area contributed by atoms with Gasteiger partial charge in [-0.1, -0.05) is 19.3 Å². The second-order valence-corrected chi connectivity index (χ2v) is 7.00. The molecule has 1 aliphatic rings. The van der Waals surface area contributed by atoms with Gasteiger partial charge in [0.05, 0.1) is 0 Å². The topological polar surface area (TPSA) is 69.6 Å². The summed E-state index contributed by atoms with van der Waals surface area (Å²) in [6.07, 6.45) is 8.02. The van der Waals surface area contributed by atoms with Gasteiger partial charge in [-0.25, -0.2) is 4.79 Å². The molecule has 116 valence electrons. The Balaban J connectivity index is 2.56. The highest BCUT2D eigenvalue weighted by Crippen LogP contribution is 2.37. The Morgan fingerprint density at radius 2 is 1.90 bits per heavy atom. The van der Waals surface area contributed by atoms with Crippen LogP contribution in [-0.2, 0) is 4.79 Å². The maximum absolute atomic E-state index is 12.2. The van der Waals surface area contributed by atoms with E-state index in [9.17, 15) is 9.59 Å². The first-order valence-electron chi connectivity index (χ1n) is 7.21. The molecular formula is C14H26N2O3S. The fourth-order valence-corrected chi connectivity index (χ4v) is 3.54. The lowest BCUT2D eigenvalue weighted by atomic mass is 9.88. The predicted octanol–water partition coefficient (Wildman–Crippen LogP) is 2.56. The minimum atomic E-state index is -0.980. The summed E-state index contributed by atoms with van der Waals surface area (Å²) in [5, 5.41) is 11.8. The van der Waals surface area contributed by atoms with Crippen LogP contribution in [0.2, 0.25) is 0 Å². The van der Waals surface area contributed by atoms with E-state index in [4.69, 9.17) is 5.11 Å². The van der Waals surface area contributed by atoms with Crippen LogP contribution < -0.4 is 5.32 Å². The molecule has 0 spiro atoms.